The van der Waals surface area contributed by atoms with Crippen molar-refractivity contribution >= 4 is 0 Å². The van der Waals surface area contributed by atoms with Crippen molar-refractivity contribution in [3.63, 3.8) is 0 Å². The SMILES string of the molecule is CCCCCCCCCCCCCCCc1cc(OCCNCCCCCO)cc(OCC(CC)CCCC)c1. The molecule has 0 aliphatic heterocycles. The third-order valence-electron chi connectivity index (χ3n) is 8.10. The van der Waals surface area contributed by atoms with Gasteiger partial charge in [-0.25, -0.2) is 0 Å². The lowest BCUT2D eigenvalue weighted by molar-refractivity contribution is 0.231. The van der Waals surface area contributed by atoms with E-state index in [4.69, 9.17) is 14.6 Å². The summed E-state index contributed by atoms with van der Waals surface area (Å²) in [6, 6.07) is 6.56. The lowest BCUT2D eigenvalue weighted by Gasteiger charge is -2.17. The molecule has 0 saturated heterocycles. The normalized spacial score (nSPS) is 12.1. The second-order valence-corrected chi connectivity index (χ2v) is 11.9. The van der Waals surface area contributed by atoms with Crippen LogP contribution in [0.2, 0.25) is 0 Å². The number of ether oxygens (including phenoxy) is 2. The van der Waals surface area contributed by atoms with Gasteiger partial charge < -0.3 is 19.9 Å². The highest BCUT2D eigenvalue weighted by molar-refractivity contribution is 5.38. The molecule has 1 unspecified atom stereocenters. The van der Waals surface area contributed by atoms with Crippen LogP contribution in [0.4, 0.5) is 0 Å². The van der Waals surface area contributed by atoms with E-state index in [1.807, 2.05) is 0 Å². The summed E-state index contributed by atoms with van der Waals surface area (Å²) in [5.74, 6) is 2.53. The maximum atomic E-state index is 8.90. The first kappa shape index (κ1) is 36.8. The first-order valence-corrected chi connectivity index (χ1v) is 17.4. The number of hydrogen-bond acceptors (Lipinski definition) is 4. The first-order chi connectivity index (χ1) is 19.7. The number of benzene rings is 1. The van der Waals surface area contributed by atoms with E-state index in [0.717, 1.165) is 56.9 Å². The maximum Gasteiger partial charge on any atom is 0.123 e. The summed E-state index contributed by atoms with van der Waals surface area (Å²) in [6.45, 7) is 10.4. The van der Waals surface area contributed by atoms with Gasteiger partial charge in [0.1, 0.15) is 18.1 Å². The van der Waals surface area contributed by atoms with Crippen LogP contribution in [0.5, 0.6) is 11.5 Å². The van der Waals surface area contributed by atoms with Crippen molar-refractivity contribution in [1.82, 2.24) is 5.32 Å². The highest BCUT2D eigenvalue weighted by Gasteiger charge is 2.09. The molecule has 0 heterocycles. The highest BCUT2D eigenvalue weighted by atomic mass is 16.5. The van der Waals surface area contributed by atoms with Gasteiger partial charge in [0.15, 0.2) is 0 Å². The standard InChI is InChI=1S/C36H67NO3/c1-4-7-9-10-11-12-13-14-15-16-17-18-20-24-34-29-35(39-28-26-37-25-21-19-22-27-38)31-36(30-34)40-32-33(6-3)23-8-5-2/h29-31,33,37-38H,4-28,32H2,1-3H3. The van der Waals surface area contributed by atoms with E-state index < -0.39 is 0 Å². The monoisotopic (exact) mass is 562 g/mol. The van der Waals surface area contributed by atoms with Crippen molar-refractivity contribution in [2.75, 3.05) is 32.9 Å². The number of aryl methyl sites for hydroxylation is 1. The largest absolute Gasteiger partial charge is 0.493 e. The van der Waals surface area contributed by atoms with Crippen LogP contribution in [0, 0.1) is 5.92 Å². The Labute approximate surface area is 249 Å². The van der Waals surface area contributed by atoms with Crippen LogP contribution >= 0.6 is 0 Å². The molecule has 1 aromatic carbocycles. The first-order valence-electron chi connectivity index (χ1n) is 17.4. The van der Waals surface area contributed by atoms with Crippen LogP contribution in [-0.4, -0.2) is 38.0 Å². The Morgan fingerprint density at radius 3 is 1.80 bits per heavy atom. The molecular formula is C36H67NO3. The zero-order valence-electron chi connectivity index (χ0n) is 27.0. The van der Waals surface area contributed by atoms with E-state index >= 15 is 0 Å². The Kier molecular flexibility index (Phi) is 25.6. The van der Waals surface area contributed by atoms with Gasteiger partial charge in [0.05, 0.1) is 6.61 Å². The molecule has 1 atom stereocenters. The van der Waals surface area contributed by atoms with Gasteiger partial charge in [-0.2, -0.15) is 0 Å². The van der Waals surface area contributed by atoms with E-state index in [2.05, 4.69) is 44.3 Å². The predicted molar refractivity (Wildman–Crippen MR) is 174 cm³/mol. The number of aliphatic hydroxyl groups excluding tert-OH is 1. The zero-order valence-corrected chi connectivity index (χ0v) is 27.0. The molecule has 0 saturated carbocycles. The topological polar surface area (TPSA) is 50.7 Å². The van der Waals surface area contributed by atoms with E-state index in [1.165, 1.54) is 115 Å². The predicted octanol–water partition coefficient (Wildman–Crippen LogP) is 10.0. The summed E-state index contributed by atoms with van der Waals surface area (Å²) >= 11 is 0. The van der Waals surface area contributed by atoms with Gasteiger partial charge in [-0.05, 0) is 68.7 Å². The fraction of sp³-hybridized carbons (Fsp3) is 0.833. The molecule has 0 aliphatic carbocycles. The number of unbranched alkanes of at least 4 members (excludes halogenated alkanes) is 15. The Balaban J connectivity index is 2.40. The van der Waals surface area contributed by atoms with Crippen molar-refractivity contribution in [3.8, 4) is 11.5 Å². The minimum Gasteiger partial charge on any atom is -0.493 e. The molecule has 4 nitrogen and oxygen atoms in total. The minimum atomic E-state index is 0.292. The van der Waals surface area contributed by atoms with Crippen LogP contribution < -0.4 is 14.8 Å². The molecule has 2 N–H and O–H groups in total. The maximum absolute atomic E-state index is 8.90. The molecule has 234 valence electrons. The smallest absolute Gasteiger partial charge is 0.123 e. The highest BCUT2D eigenvalue weighted by Crippen LogP contribution is 2.26. The van der Waals surface area contributed by atoms with Gasteiger partial charge in [-0.15, -0.1) is 0 Å². The van der Waals surface area contributed by atoms with Crippen LogP contribution in [-0.2, 0) is 6.42 Å². The summed E-state index contributed by atoms with van der Waals surface area (Å²) in [6.07, 6.45) is 27.2. The molecule has 0 spiro atoms. The molecule has 0 aliphatic rings. The molecule has 1 rings (SSSR count). The molecule has 1 aromatic rings. The van der Waals surface area contributed by atoms with Crippen molar-refractivity contribution in [2.24, 2.45) is 5.92 Å². The van der Waals surface area contributed by atoms with Crippen LogP contribution in [0.15, 0.2) is 18.2 Å². The van der Waals surface area contributed by atoms with E-state index in [0.29, 0.717) is 19.1 Å². The van der Waals surface area contributed by atoms with Crippen molar-refractivity contribution < 1.29 is 14.6 Å². The van der Waals surface area contributed by atoms with Gasteiger partial charge >= 0.3 is 0 Å². The molecule has 0 radical (unpaired) electrons. The van der Waals surface area contributed by atoms with Gasteiger partial charge in [-0.1, -0.05) is 117 Å². The van der Waals surface area contributed by atoms with Crippen molar-refractivity contribution in [1.29, 1.82) is 0 Å². The summed E-state index contributed by atoms with van der Waals surface area (Å²) in [4.78, 5) is 0. The van der Waals surface area contributed by atoms with Gasteiger partial charge in [0.25, 0.3) is 0 Å². The quantitative estimate of drug-likeness (QED) is 0.0918. The molecule has 0 bridgehead atoms. The fourth-order valence-electron chi connectivity index (χ4n) is 5.31. The third-order valence-corrected chi connectivity index (χ3v) is 8.10. The second kappa shape index (κ2) is 27.9. The average molecular weight is 562 g/mol. The summed E-state index contributed by atoms with van der Waals surface area (Å²) in [7, 11) is 0. The Hall–Kier alpha value is -1.26. The number of nitrogens with one attached hydrogen (secondary N) is 1. The molecule has 0 amide bonds. The van der Waals surface area contributed by atoms with Gasteiger partial charge in [-0.3, -0.25) is 0 Å². The molecule has 0 aromatic heterocycles. The minimum absolute atomic E-state index is 0.292. The van der Waals surface area contributed by atoms with E-state index in [-0.39, 0.29) is 0 Å². The molecule has 40 heavy (non-hydrogen) atoms. The van der Waals surface area contributed by atoms with E-state index in [1.54, 1.807) is 0 Å². The second-order valence-electron chi connectivity index (χ2n) is 11.9. The average Bonchev–Trinajstić information content (AvgIpc) is 2.97. The Morgan fingerprint density at radius 1 is 0.625 bits per heavy atom. The molecular weight excluding hydrogens is 494 g/mol. The number of rotatable bonds is 30. The van der Waals surface area contributed by atoms with Gasteiger partial charge in [0.2, 0.25) is 0 Å². The molecule has 0 fully saturated rings. The summed E-state index contributed by atoms with van der Waals surface area (Å²) in [5.41, 5.74) is 1.34. The lowest BCUT2D eigenvalue weighted by Crippen LogP contribution is -2.22. The fourth-order valence-corrected chi connectivity index (χ4v) is 5.31. The van der Waals surface area contributed by atoms with Gasteiger partial charge in [0, 0.05) is 19.2 Å². The molecule has 4 heteroatoms. The van der Waals surface area contributed by atoms with Crippen LogP contribution in [0.1, 0.15) is 155 Å². The number of aliphatic hydroxyl groups is 1. The Bertz CT molecular complexity index is 665. The van der Waals surface area contributed by atoms with Crippen molar-refractivity contribution in [3.05, 3.63) is 23.8 Å². The Morgan fingerprint density at radius 2 is 1.20 bits per heavy atom. The third kappa shape index (κ3) is 21.5. The zero-order chi connectivity index (χ0) is 28.9. The number of hydrogen-bond donors (Lipinski definition) is 2. The van der Waals surface area contributed by atoms with Crippen LogP contribution in [0.25, 0.3) is 0 Å². The van der Waals surface area contributed by atoms with Crippen molar-refractivity contribution in [2.45, 2.75) is 156 Å². The lowest BCUT2D eigenvalue weighted by atomic mass is 10.0. The van der Waals surface area contributed by atoms with Crippen LogP contribution in [0.3, 0.4) is 0 Å². The summed E-state index contributed by atoms with van der Waals surface area (Å²) in [5, 5.41) is 12.4. The van der Waals surface area contributed by atoms with E-state index in [9.17, 15) is 0 Å². The summed E-state index contributed by atoms with van der Waals surface area (Å²) < 4.78 is 12.5.